The lowest BCUT2D eigenvalue weighted by Crippen LogP contribution is -2.49. The van der Waals surface area contributed by atoms with Gasteiger partial charge in [0.1, 0.15) is 0 Å². The van der Waals surface area contributed by atoms with Crippen molar-refractivity contribution in [2.75, 3.05) is 50.1 Å². The Morgan fingerprint density at radius 2 is 1.79 bits per heavy atom. The molecular weight excluding hydrogens is 390 g/mol. The van der Waals surface area contributed by atoms with Crippen molar-refractivity contribution < 1.29 is 9.32 Å². The molecule has 1 aliphatic rings. The second-order valence-corrected chi connectivity index (χ2v) is 7.57. The quantitative estimate of drug-likeness (QED) is 0.655. The summed E-state index contributed by atoms with van der Waals surface area (Å²) >= 11 is 5.93. The van der Waals surface area contributed by atoms with Crippen molar-refractivity contribution in [3.05, 3.63) is 59.1 Å². The van der Waals surface area contributed by atoms with Gasteiger partial charge in [-0.05, 0) is 42.5 Å². The molecule has 0 bridgehead atoms. The maximum atomic E-state index is 12.9. The predicted molar refractivity (Wildman–Crippen MR) is 114 cm³/mol. The fourth-order valence-corrected chi connectivity index (χ4v) is 3.39. The standard InChI is InChI=1S/C21H22ClN5O2/c1-25(2)18-5-3-4-16(14-18)20(28)26-10-12-27(13-11-26)21-23-19(24-29-21)15-6-8-17(22)9-7-15/h3-9,14H,10-13H2,1-2H3. The van der Waals surface area contributed by atoms with Gasteiger partial charge in [-0.2, -0.15) is 4.98 Å². The van der Waals surface area contributed by atoms with E-state index in [0.29, 0.717) is 48.6 Å². The maximum absolute atomic E-state index is 12.9. The number of nitrogens with zero attached hydrogens (tertiary/aromatic N) is 5. The van der Waals surface area contributed by atoms with E-state index < -0.39 is 0 Å². The second kappa shape index (κ2) is 8.13. The normalized spacial score (nSPS) is 14.2. The van der Waals surface area contributed by atoms with Crippen molar-refractivity contribution >= 4 is 29.2 Å². The molecule has 2 aromatic carbocycles. The molecule has 0 N–H and O–H groups in total. The molecule has 0 spiro atoms. The molecule has 1 aliphatic heterocycles. The highest BCUT2D eigenvalue weighted by Gasteiger charge is 2.25. The number of aromatic nitrogens is 2. The maximum Gasteiger partial charge on any atom is 0.324 e. The van der Waals surface area contributed by atoms with Crippen molar-refractivity contribution in [2.45, 2.75) is 0 Å². The highest BCUT2D eigenvalue weighted by Crippen LogP contribution is 2.23. The molecule has 7 nitrogen and oxygen atoms in total. The Morgan fingerprint density at radius 1 is 1.07 bits per heavy atom. The predicted octanol–water partition coefficient (Wildman–Crippen LogP) is 3.42. The van der Waals surface area contributed by atoms with Crippen molar-refractivity contribution in [3.63, 3.8) is 0 Å². The fraction of sp³-hybridized carbons (Fsp3) is 0.286. The molecule has 2 heterocycles. The molecule has 0 saturated carbocycles. The van der Waals surface area contributed by atoms with Crippen LogP contribution in [-0.2, 0) is 0 Å². The highest BCUT2D eigenvalue weighted by atomic mass is 35.5. The average Bonchev–Trinajstić information content (AvgIpc) is 3.24. The molecule has 1 aromatic heterocycles. The Balaban J connectivity index is 1.40. The van der Waals surface area contributed by atoms with Gasteiger partial charge in [0, 0.05) is 62.1 Å². The third-order valence-corrected chi connectivity index (χ3v) is 5.22. The molecule has 150 valence electrons. The topological polar surface area (TPSA) is 65.7 Å². The molecule has 1 fully saturated rings. The lowest BCUT2D eigenvalue weighted by Gasteiger charge is -2.33. The smallest absolute Gasteiger partial charge is 0.324 e. The van der Waals surface area contributed by atoms with Crippen molar-refractivity contribution in [1.29, 1.82) is 0 Å². The van der Waals surface area contributed by atoms with Gasteiger partial charge in [0.25, 0.3) is 5.91 Å². The van der Waals surface area contributed by atoms with E-state index in [1.54, 1.807) is 12.1 Å². The summed E-state index contributed by atoms with van der Waals surface area (Å²) in [6.07, 6.45) is 0. The molecule has 29 heavy (non-hydrogen) atoms. The van der Waals surface area contributed by atoms with E-state index in [4.69, 9.17) is 16.1 Å². The number of carbonyl (C=O) groups excluding carboxylic acids is 1. The minimum Gasteiger partial charge on any atom is -0.378 e. The molecule has 3 aromatic rings. The Kier molecular flexibility index (Phi) is 5.40. The Labute approximate surface area is 174 Å². The van der Waals surface area contributed by atoms with E-state index in [9.17, 15) is 4.79 Å². The minimum absolute atomic E-state index is 0.0423. The van der Waals surface area contributed by atoms with Crippen LogP contribution >= 0.6 is 11.6 Å². The minimum atomic E-state index is 0.0423. The number of piperazine rings is 1. The van der Waals surface area contributed by atoms with Crippen molar-refractivity contribution in [2.24, 2.45) is 0 Å². The first kappa shape index (κ1) is 19.3. The summed E-state index contributed by atoms with van der Waals surface area (Å²) in [4.78, 5) is 23.2. The summed E-state index contributed by atoms with van der Waals surface area (Å²) < 4.78 is 5.43. The summed E-state index contributed by atoms with van der Waals surface area (Å²) in [5.74, 6) is 0.566. The van der Waals surface area contributed by atoms with Gasteiger partial charge in [0.15, 0.2) is 0 Å². The number of rotatable bonds is 4. The SMILES string of the molecule is CN(C)c1cccc(C(=O)N2CCN(c3nc(-c4ccc(Cl)cc4)no3)CC2)c1. The number of carbonyl (C=O) groups is 1. The summed E-state index contributed by atoms with van der Waals surface area (Å²) in [7, 11) is 3.93. The monoisotopic (exact) mass is 411 g/mol. The lowest BCUT2D eigenvalue weighted by atomic mass is 10.1. The van der Waals surface area contributed by atoms with Crippen LogP contribution in [0.2, 0.25) is 5.02 Å². The molecule has 4 rings (SSSR count). The molecule has 0 unspecified atom stereocenters. The molecule has 0 atom stereocenters. The van der Waals surface area contributed by atoms with Crippen LogP contribution in [0.15, 0.2) is 53.1 Å². The molecule has 1 saturated heterocycles. The van der Waals surface area contributed by atoms with Gasteiger partial charge in [-0.15, -0.1) is 0 Å². The third kappa shape index (κ3) is 4.19. The van der Waals surface area contributed by atoms with Crippen LogP contribution in [0.5, 0.6) is 0 Å². The number of benzene rings is 2. The molecule has 0 radical (unpaired) electrons. The van der Waals surface area contributed by atoms with Crippen LogP contribution in [0.25, 0.3) is 11.4 Å². The van der Waals surface area contributed by atoms with E-state index in [2.05, 4.69) is 10.1 Å². The second-order valence-electron chi connectivity index (χ2n) is 7.13. The zero-order valence-corrected chi connectivity index (χ0v) is 17.1. The average molecular weight is 412 g/mol. The first-order valence-electron chi connectivity index (χ1n) is 9.42. The van der Waals surface area contributed by atoms with Crippen LogP contribution in [0.1, 0.15) is 10.4 Å². The van der Waals surface area contributed by atoms with E-state index in [0.717, 1.165) is 11.3 Å². The highest BCUT2D eigenvalue weighted by molar-refractivity contribution is 6.30. The number of amides is 1. The Hall–Kier alpha value is -3.06. The number of halogens is 1. The van der Waals surface area contributed by atoms with Gasteiger partial charge in [-0.25, -0.2) is 0 Å². The summed E-state index contributed by atoms with van der Waals surface area (Å²) in [5, 5.41) is 4.72. The van der Waals surface area contributed by atoms with Gasteiger partial charge in [-0.1, -0.05) is 22.8 Å². The van der Waals surface area contributed by atoms with Crippen LogP contribution < -0.4 is 9.80 Å². The van der Waals surface area contributed by atoms with Crippen molar-refractivity contribution in [3.8, 4) is 11.4 Å². The fourth-order valence-electron chi connectivity index (χ4n) is 3.26. The summed E-state index contributed by atoms with van der Waals surface area (Å²) in [6, 6.07) is 15.5. The van der Waals surface area contributed by atoms with Crippen LogP contribution in [0, 0.1) is 0 Å². The summed E-state index contributed by atoms with van der Waals surface area (Å²) in [6.45, 7) is 2.48. The van der Waals surface area contributed by atoms with Gasteiger partial charge in [0.05, 0.1) is 0 Å². The molecule has 1 amide bonds. The largest absolute Gasteiger partial charge is 0.378 e. The number of hydrogen-bond acceptors (Lipinski definition) is 6. The number of anilines is 2. The first-order chi connectivity index (χ1) is 14.0. The molecular formula is C21H22ClN5O2. The van der Waals surface area contributed by atoms with E-state index in [1.807, 2.05) is 65.2 Å². The van der Waals surface area contributed by atoms with Crippen LogP contribution in [-0.4, -0.2) is 61.2 Å². The Bertz CT molecular complexity index is 994. The van der Waals surface area contributed by atoms with Gasteiger partial charge in [0.2, 0.25) is 5.82 Å². The van der Waals surface area contributed by atoms with Gasteiger partial charge >= 0.3 is 6.01 Å². The van der Waals surface area contributed by atoms with E-state index in [1.165, 1.54) is 0 Å². The third-order valence-electron chi connectivity index (χ3n) is 4.96. The first-order valence-corrected chi connectivity index (χ1v) is 9.80. The van der Waals surface area contributed by atoms with E-state index >= 15 is 0 Å². The zero-order valence-electron chi connectivity index (χ0n) is 16.4. The van der Waals surface area contributed by atoms with Gasteiger partial charge < -0.3 is 19.2 Å². The molecule has 8 heteroatoms. The lowest BCUT2D eigenvalue weighted by molar-refractivity contribution is 0.0744. The Morgan fingerprint density at radius 3 is 2.48 bits per heavy atom. The van der Waals surface area contributed by atoms with Crippen molar-refractivity contribution in [1.82, 2.24) is 15.0 Å². The number of hydrogen-bond donors (Lipinski definition) is 0. The van der Waals surface area contributed by atoms with Crippen LogP contribution in [0.4, 0.5) is 11.7 Å². The summed E-state index contributed by atoms with van der Waals surface area (Å²) in [5.41, 5.74) is 2.56. The molecule has 0 aliphatic carbocycles. The van der Waals surface area contributed by atoms with E-state index in [-0.39, 0.29) is 5.91 Å². The zero-order chi connectivity index (χ0) is 20.4. The van der Waals surface area contributed by atoms with Crippen LogP contribution in [0.3, 0.4) is 0 Å². The van der Waals surface area contributed by atoms with Gasteiger partial charge in [-0.3, -0.25) is 4.79 Å².